The van der Waals surface area contributed by atoms with E-state index in [9.17, 15) is 4.79 Å². The molecule has 2 heteroatoms. The lowest BCUT2D eigenvalue weighted by Gasteiger charge is -2.34. The Morgan fingerprint density at radius 3 is 1.90 bits per heavy atom. The summed E-state index contributed by atoms with van der Waals surface area (Å²) in [5.74, 6) is 0. The zero-order chi connectivity index (χ0) is 14.7. The predicted octanol–water partition coefficient (Wildman–Crippen LogP) is 4.62. The molecule has 1 nitrogen and oxygen atoms in total. The van der Waals surface area contributed by atoms with Crippen LogP contribution in [0.2, 0.25) is 0 Å². The van der Waals surface area contributed by atoms with Crippen LogP contribution in [0.4, 0.5) is 0 Å². The van der Waals surface area contributed by atoms with Crippen molar-refractivity contribution in [3.05, 3.63) is 94.5 Å². The average Bonchev–Trinajstić information content (AvgIpc) is 2.57. The minimum absolute atomic E-state index is 0.336. The van der Waals surface area contributed by atoms with E-state index in [2.05, 4.69) is 30.3 Å². The van der Waals surface area contributed by atoms with E-state index in [0.717, 1.165) is 17.4 Å². The van der Waals surface area contributed by atoms with Crippen LogP contribution in [0, 0.1) is 0 Å². The minimum Gasteiger partial charge on any atom is -0.298 e. The Morgan fingerprint density at radius 1 is 0.905 bits per heavy atom. The lowest BCUT2D eigenvalue weighted by molar-refractivity contribution is -0.105. The molecule has 2 aromatic rings. The summed E-state index contributed by atoms with van der Waals surface area (Å²) in [6.07, 6.45) is 5.40. The molecule has 1 aliphatic carbocycles. The van der Waals surface area contributed by atoms with E-state index in [0.29, 0.717) is 17.0 Å². The van der Waals surface area contributed by atoms with Gasteiger partial charge in [0.15, 0.2) is 0 Å². The molecule has 0 saturated carbocycles. The summed E-state index contributed by atoms with van der Waals surface area (Å²) in [7, 11) is 0. The van der Waals surface area contributed by atoms with Gasteiger partial charge in [-0.05, 0) is 23.6 Å². The van der Waals surface area contributed by atoms with Crippen LogP contribution in [0.25, 0.3) is 0 Å². The number of hydrogen-bond acceptors (Lipinski definition) is 1. The molecule has 21 heavy (non-hydrogen) atoms. The van der Waals surface area contributed by atoms with Crippen molar-refractivity contribution in [2.45, 2.75) is 11.8 Å². The van der Waals surface area contributed by atoms with Crippen molar-refractivity contribution in [2.75, 3.05) is 0 Å². The van der Waals surface area contributed by atoms with Crippen molar-refractivity contribution in [3.8, 4) is 0 Å². The van der Waals surface area contributed by atoms with Crippen LogP contribution in [0.5, 0.6) is 0 Å². The van der Waals surface area contributed by atoms with Crippen LogP contribution >= 0.6 is 11.6 Å². The third kappa shape index (κ3) is 2.45. The normalized spacial score (nSPS) is 16.8. The van der Waals surface area contributed by atoms with Gasteiger partial charge >= 0.3 is 0 Å². The van der Waals surface area contributed by atoms with Crippen LogP contribution in [0.1, 0.15) is 17.5 Å². The lowest BCUT2D eigenvalue weighted by Crippen LogP contribution is -2.28. The molecule has 0 spiro atoms. The number of carbonyl (C=O) groups excluding carboxylic acids is 1. The van der Waals surface area contributed by atoms with Crippen molar-refractivity contribution in [2.24, 2.45) is 0 Å². The fourth-order valence-corrected chi connectivity index (χ4v) is 3.07. The summed E-state index contributed by atoms with van der Waals surface area (Å²) >= 11 is 6.15. The van der Waals surface area contributed by atoms with Gasteiger partial charge in [-0.25, -0.2) is 0 Å². The maximum atomic E-state index is 11.3. The number of carbonyl (C=O) groups is 1. The number of aldehydes is 1. The van der Waals surface area contributed by atoms with Gasteiger partial charge in [-0.2, -0.15) is 0 Å². The van der Waals surface area contributed by atoms with Gasteiger partial charge in [0.05, 0.1) is 0 Å². The van der Waals surface area contributed by atoms with Crippen molar-refractivity contribution >= 4 is 17.9 Å². The van der Waals surface area contributed by atoms with E-state index < -0.39 is 0 Å². The zero-order valence-corrected chi connectivity index (χ0v) is 12.3. The van der Waals surface area contributed by atoms with Gasteiger partial charge in [0, 0.05) is 16.0 Å². The quantitative estimate of drug-likeness (QED) is 0.755. The first-order valence-electron chi connectivity index (χ1n) is 6.90. The molecule has 0 N–H and O–H groups in total. The van der Waals surface area contributed by atoms with Gasteiger partial charge in [-0.15, -0.1) is 0 Å². The molecule has 0 heterocycles. The van der Waals surface area contributed by atoms with Gasteiger partial charge in [0.2, 0.25) is 0 Å². The Balaban J connectivity index is 2.19. The number of halogens is 1. The molecule has 2 aromatic carbocycles. The summed E-state index contributed by atoms with van der Waals surface area (Å²) in [6, 6.07) is 20.5. The Hall–Kier alpha value is -2.12. The lowest BCUT2D eigenvalue weighted by atomic mass is 9.68. The third-order valence-corrected chi connectivity index (χ3v) is 4.38. The van der Waals surface area contributed by atoms with Crippen LogP contribution in [0.3, 0.4) is 0 Å². The molecular weight excluding hydrogens is 280 g/mol. The molecule has 1 aliphatic rings. The first-order valence-corrected chi connectivity index (χ1v) is 7.28. The Labute approximate surface area is 129 Å². The van der Waals surface area contributed by atoms with Crippen LogP contribution in [-0.2, 0) is 10.2 Å². The van der Waals surface area contributed by atoms with Gasteiger partial charge in [0.25, 0.3) is 0 Å². The SMILES string of the molecule is O=CC1=C(Cl)C=CC(c2ccccc2)(c2ccccc2)C1. The highest BCUT2D eigenvalue weighted by Crippen LogP contribution is 2.43. The molecule has 0 aromatic heterocycles. The molecule has 0 saturated heterocycles. The zero-order valence-electron chi connectivity index (χ0n) is 11.5. The standard InChI is InChI=1S/C19H15ClO/c20-18-11-12-19(13-15(18)14-21,16-7-3-1-4-8-16)17-9-5-2-6-10-17/h1-12,14H,13H2. The second kappa shape index (κ2) is 5.71. The van der Waals surface area contributed by atoms with Crippen LogP contribution in [-0.4, -0.2) is 6.29 Å². The molecule has 0 fully saturated rings. The van der Waals surface area contributed by atoms with Gasteiger partial charge in [-0.1, -0.05) is 78.3 Å². The van der Waals surface area contributed by atoms with E-state index >= 15 is 0 Å². The molecule has 3 rings (SSSR count). The number of rotatable bonds is 3. The highest BCUT2D eigenvalue weighted by atomic mass is 35.5. The Morgan fingerprint density at radius 2 is 1.43 bits per heavy atom. The van der Waals surface area contributed by atoms with Crippen molar-refractivity contribution in [1.82, 2.24) is 0 Å². The summed E-state index contributed by atoms with van der Waals surface area (Å²) in [6.45, 7) is 0. The summed E-state index contributed by atoms with van der Waals surface area (Å²) in [4.78, 5) is 11.3. The van der Waals surface area contributed by atoms with Crippen molar-refractivity contribution in [3.63, 3.8) is 0 Å². The number of hydrogen-bond donors (Lipinski definition) is 0. The average molecular weight is 295 g/mol. The summed E-state index contributed by atoms with van der Waals surface area (Å²) in [5, 5.41) is 0.535. The summed E-state index contributed by atoms with van der Waals surface area (Å²) in [5.41, 5.74) is 2.63. The maximum absolute atomic E-state index is 11.3. The van der Waals surface area contributed by atoms with E-state index in [1.165, 1.54) is 0 Å². The predicted molar refractivity (Wildman–Crippen MR) is 86.4 cm³/mol. The van der Waals surface area contributed by atoms with Crippen molar-refractivity contribution < 1.29 is 4.79 Å². The first kappa shape index (κ1) is 13.8. The second-order valence-electron chi connectivity index (χ2n) is 5.20. The topological polar surface area (TPSA) is 17.1 Å². The van der Waals surface area contributed by atoms with E-state index in [-0.39, 0.29) is 5.41 Å². The van der Waals surface area contributed by atoms with Crippen molar-refractivity contribution in [1.29, 1.82) is 0 Å². The van der Waals surface area contributed by atoms with E-state index in [1.807, 2.05) is 42.5 Å². The maximum Gasteiger partial charge on any atom is 0.147 e. The first-order chi connectivity index (χ1) is 10.3. The van der Waals surface area contributed by atoms with Gasteiger partial charge < -0.3 is 0 Å². The smallest absolute Gasteiger partial charge is 0.147 e. The van der Waals surface area contributed by atoms with Gasteiger partial charge in [0.1, 0.15) is 6.29 Å². The molecule has 0 radical (unpaired) electrons. The summed E-state index contributed by atoms with van der Waals surface area (Å²) < 4.78 is 0. The number of benzene rings is 2. The largest absolute Gasteiger partial charge is 0.298 e. The second-order valence-corrected chi connectivity index (χ2v) is 5.61. The fourth-order valence-electron chi connectivity index (χ4n) is 2.90. The molecule has 0 bridgehead atoms. The fraction of sp³-hybridized carbons (Fsp3) is 0.105. The molecular formula is C19H15ClO. The molecule has 104 valence electrons. The van der Waals surface area contributed by atoms with Gasteiger partial charge in [-0.3, -0.25) is 4.79 Å². The molecule has 0 atom stereocenters. The highest BCUT2D eigenvalue weighted by molar-refractivity contribution is 6.33. The third-order valence-electron chi connectivity index (χ3n) is 4.01. The van der Waals surface area contributed by atoms with Crippen LogP contribution in [0.15, 0.2) is 83.4 Å². The Kier molecular flexibility index (Phi) is 3.76. The van der Waals surface area contributed by atoms with Crippen LogP contribution < -0.4 is 0 Å². The monoisotopic (exact) mass is 294 g/mol. The number of allylic oxidation sites excluding steroid dienone is 4. The highest BCUT2D eigenvalue weighted by Gasteiger charge is 2.35. The molecule has 0 aliphatic heterocycles. The van der Waals surface area contributed by atoms with E-state index in [1.54, 1.807) is 0 Å². The molecule has 0 amide bonds. The van der Waals surface area contributed by atoms with E-state index in [4.69, 9.17) is 11.6 Å². The Bertz CT molecular complexity index is 659. The minimum atomic E-state index is -0.336. The molecule has 0 unspecified atom stereocenters.